The monoisotopic (exact) mass is 518 g/mol. The number of thiazole rings is 1. The lowest BCUT2D eigenvalue weighted by molar-refractivity contribution is 0.611. The summed E-state index contributed by atoms with van der Waals surface area (Å²) in [5, 5.41) is 10.1. The summed E-state index contributed by atoms with van der Waals surface area (Å²) in [6.07, 6.45) is 5.76. The summed E-state index contributed by atoms with van der Waals surface area (Å²) in [4.78, 5) is 14.9. The molecule has 0 saturated carbocycles. The van der Waals surface area contributed by atoms with Crippen LogP contribution in [-0.4, -0.2) is 48.7 Å². The first kappa shape index (κ1) is 22.8. The molecule has 0 radical (unpaired) electrons. The van der Waals surface area contributed by atoms with Crippen LogP contribution < -0.4 is 15.5 Å². The third-order valence-electron chi connectivity index (χ3n) is 4.57. The van der Waals surface area contributed by atoms with Gasteiger partial charge in [-0.25, -0.2) is 14.4 Å². The first-order chi connectivity index (χ1) is 13.2. The Balaban J connectivity index is 0.00000280. The second-order valence-corrected chi connectivity index (χ2v) is 7.67. The molecule has 1 aliphatic rings. The zero-order chi connectivity index (χ0) is 19.1. The van der Waals surface area contributed by atoms with E-state index in [1.54, 1.807) is 30.6 Å². The van der Waals surface area contributed by atoms with Crippen LogP contribution in [-0.2, 0) is 6.42 Å². The molecule has 1 saturated heterocycles. The Labute approximate surface area is 187 Å². The van der Waals surface area contributed by atoms with E-state index in [1.807, 2.05) is 11.8 Å². The van der Waals surface area contributed by atoms with Gasteiger partial charge in [0.05, 0.1) is 5.01 Å². The second kappa shape index (κ2) is 11.5. The van der Waals surface area contributed by atoms with Gasteiger partial charge >= 0.3 is 0 Å². The fourth-order valence-electron chi connectivity index (χ4n) is 3.19. The summed E-state index contributed by atoms with van der Waals surface area (Å²) in [6.45, 7) is 4.41. The van der Waals surface area contributed by atoms with Gasteiger partial charge in [0.1, 0.15) is 0 Å². The largest absolute Gasteiger partial charge is 0.356 e. The number of hydrogen-bond donors (Lipinski definition) is 2. The van der Waals surface area contributed by atoms with E-state index in [2.05, 4.69) is 31.0 Å². The second-order valence-electron chi connectivity index (χ2n) is 6.72. The van der Waals surface area contributed by atoms with Crippen LogP contribution in [0.5, 0.6) is 0 Å². The van der Waals surface area contributed by atoms with E-state index in [0.717, 1.165) is 57.0 Å². The van der Waals surface area contributed by atoms with Crippen LogP contribution in [0.25, 0.3) is 0 Å². The zero-order valence-corrected chi connectivity index (χ0v) is 19.5. The maximum Gasteiger partial charge on any atom is 0.191 e. The number of nitrogens with zero attached hydrogens (tertiary/aromatic N) is 4. The first-order valence-electron chi connectivity index (χ1n) is 9.39. The molecule has 0 aromatic carbocycles. The molecule has 2 aromatic rings. The third-order valence-corrected chi connectivity index (χ3v) is 5.59. The summed E-state index contributed by atoms with van der Waals surface area (Å²) >= 11 is 1.73. The minimum absolute atomic E-state index is 0. The predicted molar refractivity (Wildman–Crippen MR) is 125 cm³/mol. The van der Waals surface area contributed by atoms with Gasteiger partial charge in [0.25, 0.3) is 0 Å². The van der Waals surface area contributed by atoms with Crippen LogP contribution >= 0.6 is 35.3 Å². The average molecular weight is 518 g/mol. The molecular weight excluding hydrogens is 490 g/mol. The normalized spacial score (nSPS) is 16.8. The van der Waals surface area contributed by atoms with Crippen LogP contribution in [0.3, 0.4) is 0 Å². The van der Waals surface area contributed by atoms with Crippen molar-refractivity contribution in [1.82, 2.24) is 20.6 Å². The van der Waals surface area contributed by atoms with Gasteiger partial charge in [0.15, 0.2) is 17.6 Å². The van der Waals surface area contributed by atoms with Crippen LogP contribution in [0.1, 0.15) is 30.0 Å². The third kappa shape index (κ3) is 6.54. The number of guanidine groups is 1. The lowest BCUT2D eigenvalue weighted by Crippen LogP contribution is -2.45. The smallest absolute Gasteiger partial charge is 0.191 e. The number of halogens is 2. The molecular formula is C19H28FIN6S. The van der Waals surface area contributed by atoms with Crippen molar-refractivity contribution in [2.45, 2.75) is 38.6 Å². The molecule has 9 heteroatoms. The van der Waals surface area contributed by atoms with Crippen molar-refractivity contribution in [3.8, 4) is 0 Å². The van der Waals surface area contributed by atoms with Crippen LogP contribution in [0, 0.1) is 12.7 Å². The number of nitrogens with one attached hydrogen (secondary N) is 2. The van der Waals surface area contributed by atoms with Crippen molar-refractivity contribution in [1.29, 1.82) is 0 Å². The van der Waals surface area contributed by atoms with Crippen LogP contribution in [0.4, 0.5) is 10.2 Å². The topological polar surface area (TPSA) is 65.4 Å². The Morgan fingerprint density at radius 2 is 2.29 bits per heavy atom. The molecule has 1 atom stereocenters. The molecule has 1 fully saturated rings. The SMILES string of the molecule is CN=C(NCCCCc1nc(C)cs1)NC1CCN(c2ncccc2F)C1.I. The van der Waals surface area contributed by atoms with Gasteiger partial charge in [-0.2, -0.15) is 0 Å². The minimum Gasteiger partial charge on any atom is -0.356 e. The molecule has 3 rings (SSSR count). The molecule has 0 spiro atoms. The van der Waals surface area contributed by atoms with Gasteiger partial charge in [-0.15, -0.1) is 35.3 Å². The maximum absolute atomic E-state index is 13.9. The Hall–Kier alpha value is -1.49. The number of pyridine rings is 1. The van der Waals surface area contributed by atoms with E-state index >= 15 is 0 Å². The van der Waals surface area contributed by atoms with Gasteiger partial charge in [-0.05, 0) is 44.7 Å². The van der Waals surface area contributed by atoms with Crippen molar-refractivity contribution in [2.75, 3.05) is 31.6 Å². The number of hydrogen-bond acceptors (Lipinski definition) is 5. The highest BCUT2D eigenvalue weighted by Crippen LogP contribution is 2.20. The highest BCUT2D eigenvalue weighted by Gasteiger charge is 2.25. The summed E-state index contributed by atoms with van der Waals surface area (Å²) in [7, 11) is 1.78. The Bertz CT molecular complexity index is 768. The molecule has 2 N–H and O–H groups in total. The molecule has 1 aliphatic heterocycles. The molecule has 154 valence electrons. The minimum atomic E-state index is -0.268. The lowest BCUT2D eigenvalue weighted by Gasteiger charge is -2.20. The average Bonchev–Trinajstić information content (AvgIpc) is 3.30. The highest BCUT2D eigenvalue weighted by atomic mass is 127. The van der Waals surface area contributed by atoms with Gasteiger partial charge in [-0.1, -0.05) is 0 Å². The molecule has 0 bridgehead atoms. The van der Waals surface area contributed by atoms with E-state index in [1.165, 1.54) is 11.1 Å². The van der Waals surface area contributed by atoms with E-state index in [-0.39, 0.29) is 35.8 Å². The van der Waals surface area contributed by atoms with Crippen molar-refractivity contribution >= 4 is 47.1 Å². The van der Waals surface area contributed by atoms with E-state index < -0.39 is 0 Å². The summed E-state index contributed by atoms with van der Waals surface area (Å²) in [5.41, 5.74) is 1.11. The number of anilines is 1. The number of unbranched alkanes of at least 4 members (excludes halogenated alkanes) is 1. The molecule has 3 heterocycles. The maximum atomic E-state index is 13.9. The molecule has 0 aliphatic carbocycles. The molecule has 2 aromatic heterocycles. The highest BCUT2D eigenvalue weighted by molar-refractivity contribution is 14.0. The number of aliphatic imine (C=N–C) groups is 1. The number of rotatable bonds is 7. The summed E-state index contributed by atoms with van der Waals surface area (Å²) in [6, 6.07) is 3.30. The van der Waals surface area contributed by atoms with Crippen LogP contribution in [0.2, 0.25) is 0 Å². The fraction of sp³-hybridized carbons (Fsp3) is 0.526. The van der Waals surface area contributed by atoms with Gasteiger partial charge < -0.3 is 15.5 Å². The quantitative estimate of drug-likeness (QED) is 0.255. The van der Waals surface area contributed by atoms with Gasteiger partial charge in [0, 0.05) is 50.0 Å². The fourth-order valence-corrected chi connectivity index (χ4v) is 4.01. The summed E-state index contributed by atoms with van der Waals surface area (Å²) < 4.78 is 13.9. The van der Waals surface area contributed by atoms with Crippen molar-refractivity contribution in [3.05, 3.63) is 40.2 Å². The molecule has 28 heavy (non-hydrogen) atoms. The zero-order valence-electron chi connectivity index (χ0n) is 16.3. The van der Waals surface area contributed by atoms with Gasteiger partial charge in [0.2, 0.25) is 0 Å². The predicted octanol–water partition coefficient (Wildman–Crippen LogP) is 3.37. The van der Waals surface area contributed by atoms with E-state index in [9.17, 15) is 4.39 Å². The summed E-state index contributed by atoms with van der Waals surface area (Å²) in [5.74, 6) is 0.965. The van der Waals surface area contributed by atoms with Crippen molar-refractivity contribution in [2.24, 2.45) is 4.99 Å². The molecule has 6 nitrogen and oxygen atoms in total. The number of aryl methyl sites for hydroxylation is 2. The van der Waals surface area contributed by atoms with Crippen LogP contribution in [0.15, 0.2) is 28.7 Å². The Morgan fingerprint density at radius 3 is 3.00 bits per heavy atom. The van der Waals surface area contributed by atoms with E-state index in [0.29, 0.717) is 5.82 Å². The molecule has 1 unspecified atom stereocenters. The Morgan fingerprint density at radius 1 is 1.43 bits per heavy atom. The lowest BCUT2D eigenvalue weighted by atomic mass is 10.2. The standard InChI is InChI=1S/C19H27FN6S.HI/c1-14-13-27-17(24-14)7-3-4-9-23-19(21-2)25-15-8-11-26(12-15)18-16(20)6-5-10-22-18;/h5-6,10,13,15H,3-4,7-9,11-12H2,1-2H3,(H2,21,23,25);1H. The number of aromatic nitrogens is 2. The van der Waals surface area contributed by atoms with E-state index in [4.69, 9.17) is 0 Å². The molecule has 0 amide bonds. The Kier molecular flexibility index (Phi) is 9.36. The van der Waals surface area contributed by atoms with Crippen molar-refractivity contribution < 1.29 is 4.39 Å². The first-order valence-corrected chi connectivity index (χ1v) is 10.3. The van der Waals surface area contributed by atoms with Gasteiger partial charge in [-0.3, -0.25) is 4.99 Å². The van der Waals surface area contributed by atoms with Crippen molar-refractivity contribution in [3.63, 3.8) is 0 Å².